The number of fused-ring (bicyclic) bond motifs is 1. The zero-order valence-electron chi connectivity index (χ0n) is 13.7. The molecule has 0 aliphatic heterocycles. The molecule has 0 spiro atoms. The molecule has 3 rings (SSSR count). The number of ether oxygens (including phenoxy) is 1. The second kappa shape index (κ2) is 6.95. The van der Waals surface area contributed by atoms with Gasteiger partial charge < -0.3 is 15.4 Å². The second-order valence-electron chi connectivity index (χ2n) is 5.21. The van der Waals surface area contributed by atoms with Gasteiger partial charge in [0.2, 0.25) is 11.8 Å². The van der Waals surface area contributed by atoms with Gasteiger partial charge in [0, 0.05) is 24.2 Å². The van der Waals surface area contributed by atoms with Crippen LogP contribution < -0.4 is 15.4 Å². The third-order valence-corrected chi connectivity index (χ3v) is 3.36. The number of nitrogens with zero attached hydrogens (tertiary/aromatic N) is 4. The predicted octanol–water partition coefficient (Wildman–Crippen LogP) is 1.02. The molecule has 0 saturated carbocycles. The van der Waals surface area contributed by atoms with E-state index in [-0.39, 0.29) is 18.4 Å². The van der Waals surface area contributed by atoms with Gasteiger partial charge in [0.25, 0.3) is 5.91 Å². The van der Waals surface area contributed by atoms with Gasteiger partial charge >= 0.3 is 0 Å². The van der Waals surface area contributed by atoms with Crippen LogP contribution in [0.1, 0.15) is 23.1 Å². The Hall–Kier alpha value is -3.49. The molecule has 0 aliphatic rings. The molecule has 9 nitrogen and oxygen atoms in total. The number of anilines is 1. The quantitative estimate of drug-likeness (QED) is 0.717. The summed E-state index contributed by atoms with van der Waals surface area (Å²) in [5.41, 5.74) is 1.53. The number of carbonyl (C=O) groups excluding carboxylic acids is 2. The lowest BCUT2D eigenvalue weighted by Crippen LogP contribution is -2.24. The monoisotopic (exact) mass is 340 g/mol. The Kier molecular flexibility index (Phi) is 4.55. The van der Waals surface area contributed by atoms with Crippen molar-refractivity contribution in [2.45, 2.75) is 13.5 Å². The highest BCUT2D eigenvalue weighted by atomic mass is 16.5. The molecular formula is C16H16N6O3. The van der Waals surface area contributed by atoms with Crippen LogP contribution >= 0.6 is 0 Å². The molecule has 0 bridgehead atoms. The van der Waals surface area contributed by atoms with Crippen molar-refractivity contribution in [2.75, 3.05) is 12.4 Å². The van der Waals surface area contributed by atoms with Crippen LogP contribution in [-0.4, -0.2) is 38.7 Å². The zero-order chi connectivity index (χ0) is 17.8. The number of aromatic nitrogens is 4. The van der Waals surface area contributed by atoms with Crippen LogP contribution in [0.15, 0.2) is 36.4 Å². The molecule has 2 heterocycles. The Morgan fingerprint density at radius 1 is 1.20 bits per heavy atom. The minimum atomic E-state index is -0.299. The Labute approximate surface area is 143 Å². The molecular weight excluding hydrogens is 324 g/mol. The number of hydrogen-bond donors (Lipinski definition) is 2. The fourth-order valence-corrected chi connectivity index (χ4v) is 2.24. The van der Waals surface area contributed by atoms with E-state index in [0.717, 1.165) is 0 Å². The lowest BCUT2D eigenvalue weighted by Gasteiger charge is -2.07. The first-order chi connectivity index (χ1) is 12.1. The van der Waals surface area contributed by atoms with Gasteiger partial charge in [-0.05, 0) is 24.3 Å². The summed E-state index contributed by atoms with van der Waals surface area (Å²) >= 11 is 0. The van der Waals surface area contributed by atoms with E-state index in [1.165, 1.54) is 18.5 Å². The smallest absolute Gasteiger partial charge is 0.251 e. The average molecular weight is 340 g/mol. The summed E-state index contributed by atoms with van der Waals surface area (Å²) in [7, 11) is 1.52. The minimum Gasteiger partial charge on any atom is -0.480 e. The SMILES string of the molecule is COc1ccc2nnc(CNC(=O)c3cccc(NC(C)=O)c3)n2n1. The molecule has 3 aromatic rings. The van der Waals surface area contributed by atoms with Gasteiger partial charge in [-0.1, -0.05) is 6.07 Å². The number of carbonyl (C=O) groups is 2. The third kappa shape index (κ3) is 3.71. The van der Waals surface area contributed by atoms with Crippen molar-refractivity contribution in [3.63, 3.8) is 0 Å². The van der Waals surface area contributed by atoms with E-state index in [2.05, 4.69) is 25.9 Å². The van der Waals surface area contributed by atoms with Crippen molar-refractivity contribution >= 4 is 23.1 Å². The van der Waals surface area contributed by atoms with E-state index >= 15 is 0 Å². The molecule has 25 heavy (non-hydrogen) atoms. The molecule has 2 amide bonds. The summed E-state index contributed by atoms with van der Waals surface area (Å²) in [4.78, 5) is 23.4. The summed E-state index contributed by atoms with van der Waals surface area (Å²) in [6.07, 6.45) is 0. The number of hydrogen-bond acceptors (Lipinski definition) is 6. The fourth-order valence-electron chi connectivity index (χ4n) is 2.24. The van der Waals surface area contributed by atoms with Gasteiger partial charge in [0.15, 0.2) is 11.5 Å². The highest BCUT2D eigenvalue weighted by Gasteiger charge is 2.11. The van der Waals surface area contributed by atoms with Crippen molar-refractivity contribution in [1.29, 1.82) is 0 Å². The summed E-state index contributed by atoms with van der Waals surface area (Å²) in [6, 6.07) is 10.1. The van der Waals surface area contributed by atoms with E-state index in [9.17, 15) is 9.59 Å². The summed E-state index contributed by atoms with van der Waals surface area (Å²) in [6.45, 7) is 1.55. The van der Waals surface area contributed by atoms with Crippen LogP contribution in [0.2, 0.25) is 0 Å². The molecule has 1 aromatic carbocycles. The van der Waals surface area contributed by atoms with E-state index in [0.29, 0.717) is 28.6 Å². The van der Waals surface area contributed by atoms with E-state index in [4.69, 9.17) is 4.74 Å². The largest absolute Gasteiger partial charge is 0.480 e. The third-order valence-electron chi connectivity index (χ3n) is 3.36. The molecule has 9 heteroatoms. The number of benzene rings is 1. The van der Waals surface area contributed by atoms with E-state index < -0.39 is 0 Å². The average Bonchev–Trinajstić information content (AvgIpc) is 3.01. The standard InChI is InChI=1S/C16H16N6O3/c1-10(23)18-12-5-3-4-11(8-12)16(24)17-9-14-20-19-13-6-7-15(25-2)21-22(13)14/h3-8H,9H2,1-2H3,(H,17,24)(H,18,23). The Morgan fingerprint density at radius 3 is 2.80 bits per heavy atom. The topological polar surface area (TPSA) is 111 Å². The first kappa shape index (κ1) is 16.4. The summed E-state index contributed by atoms with van der Waals surface area (Å²) in [5.74, 6) is 0.391. The first-order valence-corrected chi connectivity index (χ1v) is 7.48. The van der Waals surface area contributed by atoms with Crippen LogP contribution in [0.25, 0.3) is 5.65 Å². The van der Waals surface area contributed by atoms with Crippen molar-refractivity contribution < 1.29 is 14.3 Å². The van der Waals surface area contributed by atoms with Crippen molar-refractivity contribution in [2.24, 2.45) is 0 Å². The van der Waals surface area contributed by atoms with E-state index in [1.807, 2.05) is 0 Å². The summed E-state index contributed by atoms with van der Waals surface area (Å²) in [5, 5.41) is 17.6. The Morgan fingerprint density at radius 2 is 2.04 bits per heavy atom. The molecule has 0 saturated heterocycles. The van der Waals surface area contributed by atoms with E-state index in [1.54, 1.807) is 36.4 Å². The first-order valence-electron chi connectivity index (χ1n) is 7.48. The van der Waals surface area contributed by atoms with Crippen LogP contribution in [0.5, 0.6) is 5.88 Å². The van der Waals surface area contributed by atoms with Crippen molar-refractivity contribution in [3.8, 4) is 5.88 Å². The maximum Gasteiger partial charge on any atom is 0.251 e. The molecule has 2 N–H and O–H groups in total. The van der Waals surface area contributed by atoms with Gasteiger partial charge in [0.05, 0.1) is 13.7 Å². The maximum absolute atomic E-state index is 12.3. The zero-order valence-corrected chi connectivity index (χ0v) is 13.7. The lowest BCUT2D eigenvalue weighted by atomic mass is 10.2. The minimum absolute atomic E-state index is 0.143. The molecule has 0 atom stereocenters. The predicted molar refractivity (Wildman–Crippen MR) is 89.2 cm³/mol. The Bertz CT molecular complexity index is 937. The molecule has 2 aromatic heterocycles. The normalized spacial score (nSPS) is 10.5. The van der Waals surface area contributed by atoms with Gasteiger partial charge in [0.1, 0.15) is 0 Å². The van der Waals surface area contributed by atoms with Gasteiger partial charge in [-0.3, -0.25) is 9.59 Å². The van der Waals surface area contributed by atoms with Crippen LogP contribution in [0.3, 0.4) is 0 Å². The summed E-state index contributed by atoms with van der Waals surface area (Å²) < 4.78 is 6.58. The number of rotatable bonds is 5. The Balaban J connectivity index is 1.73. The van der Waals surface area contributed by atoms with Crippen molar-refractivity contribution in [3.05, 3.63) is 47.8 Å². The number of nitrogens with one attached hydrogen (secondary N) is 2. The second-order valence-corrected chi connectivity index (χ2v) is 5.21. The highest BCUT2D eigenvalue weighted by Crippen LogP contribution is 2.11. The van der Waals surface area contributed by atoms with Crippen LogP contribution in [-0.2, 0) is 11.3 Å². The molecule has 0 unspecified atom stereocenters. The van der Waals surface area contributed by atoms with Crippen LogP contribution in [0.4, 0.5) is 5.69 Å². The van der Waals surface area contributed by atoms with Gasteiger partial charge in [-0.15, -0.1) is 15.3 Å². The van der Waals surface area contributed by atoms with Gasteiger partial charge in [-0.25, -0.2) is 0 Å². The fraction of sp³-hybridized carbons (Fsp3) is 0.188. The molecule has 0 radical (unpaired) electrons. The molecule has 128 valence electrons. The number of amides is 2. The molecule has 0 aliphatic carbocycles. The lowest BCUT2D eigenvalue weighted by molar-refractivity contribution is -0.114. The maximum atomic E-state index is 12.3. The van der Waals surface area contributed by atoms with Crippen molar-refractivity contribution in [1.82, 2.24) is 25.1 Å². The highest BCUT2D eigenvalue weighted by molar-refractivity contribution is 5.96. The number of methoxy groups -OCH3 is 1. The molecule has 0 fully saturated rings. The van der Waals surface area contributed by atoms with Gasteiger partial charge in [-0.2, -0.15) is 4.52 Å². The van der Waals surface area contributed by atoms with Crippen LogP contribution in [0, 0.1) is 0 Å².